The molecule has 7 heteroatoms. The third kappa shape index (κ3) is 5.89. The van der Waals surface area contributed by atoms with Gasteiger partial charge in [-0.05, 0) is 69.3 Å². The molecule has 0 saturated carbocycles. The molecule has 0 amide bonds. The van der Waals surface area contributed by atoms with Crippen molar-refractivity contribution in [1.29, 1.82) is 0 Å². The van der Waals surface area contributed by atoms with Crippen molar-refractivity contribution in [1.82, 2.24) is 28.7 Å². The van der Waals surface area contributed by atoms with Gasteiger partial charge in [-0.3, -0.25) is 9.13 Å². The zero-order valence-electron chi connectivity index (χ0n) is 37.9. The molecule has 14 aromatic rings. The minimum atomic E-state index is -3.01. The number of para-hydroxylation sites is 6. The zero-order valence-corrected chi connectivity index (χ0v) is 38.9. The molecule has 0 bridgehead atoms. The summed E-state index contributed by atoms with van der Waals surface area (Å²) in [6, 6.07) is 92.0. The quantitative estimate of drug-likeness (QED) is 0.113. The van der Waals surface area contributed by atoms with Crippen molar-refractivity contribution < 1.29 is 0 Å². The molecule has 0 aliphatic carbocycles. The number of rotatable bonds is 8. The second kappa shape index (κ2) is 16.0. The Labute approximate surface area is 404 Å². The lowest BCUT2D eigenvalue weighted by Crippen LogP contribution is -2.74. The maximum Gasteiger partial charge on any atom is 0.240 e. The van der Waals surface area contributed by atoms with E-state index in [1.807, 2.05) is 0 Å². The summed E-state index contributed by atoms with van der Waals surface area (Å²) in [6.45, 7) is 0. The van der Waals surface area contributed by atoms with Crippen LogP contribution in [0.4, 0.5) is 0 Å². The molecule has 0 aliphatic heterocycles. The van der Waals surface area contributed by atoms with Crippen LogP contribution in [0.2, 0.25) is 0 Å². The highest BCUT2D eigenvalue weighted by molar-refractivity contribution is 7.20. The average Bonchev–Trinajstić information content (AvgIpc) is 4.08. The van der Waals surface area contributed by atoms with Crippen LogP contribution in [-0.4, -0.2) is 36.7 Å². The Kier molecular flexibility index (Phi) is 9.12. The molecule has 14 rings (SSSR count). The van der Waals surface area contributed by atoms with E-state index in [0.717, 1.165) is 60.5 Å². The number of hydrogen-bond acceptors (Lipinski definition) is 3. The van der Waals surface area contributed by atoms with Gasteiger partial charge in [0, 0.05) is 37.9 Å². The maximum absolute atomic E-state index is 5.64. The van der Waals surface area contributed by atoms with E-state index in [9.17, 15) is 0 Å². The highest BCUT2D eigenvalue weighted by Gasteiger charge is 2.43. The smallest absolute Gasteiger partial charge is 0.240 e. The predicted octanol–water partition coefficient (Wildman–Crippen LogP) is 12.2. The number of benzene rings is 10. The summed E-state index contributed by atoms with van der Waals surface area (Å²) in [5, 5.41) is 12.2. The second-order valence-electron chi connectivity index (χ2n) is 17.9. The Balaban J connectivity index is 1.11. The number of hydrogen-bond donors (Lipinski definition) is 0. The topological polar surface area (TPSA) is 53.5 Å². The predicted molar refractivity (Wildman–Crippen MR) is 292 cm³/mol. The fraction of sp³-hybridized carbons (Fsp3) is 0. The lowest BCUT2D eigenvalue weighted by molar-refractivity contribution is 0.892. The van der Waals surface area contributed by atoms with Crippen molar-refractivity contribution in [2.45, 2.75) is 0 Å². The monoisotopic (exact) mass is 910 g/mol. The molecular formula is C63H42N6Si. The van der Waals surface area contributed by atoms with Crippen molar-refractivity contribution in [2.75, 3.05) is 0 Å². The third-order valence-electron chi connectivity index (χ3n) is 14.3. The normalized spacial score (nSPS) is 12.0. The summed E-state index contributed by atoms with van der Waals surface area (Å²) < 4.78 is 6.84. The van der Waals surface area contributed by atoms with Crippen molar-refractivity contribution in [3.63, 3.8) is 0 Å². The first-order valence-electron chi connectivity index (χ1n) is 23.8. The Morgan fingerprint density at radius 1 is 0.271 bits per heavy atom. The molecule has 0 aliphatic rings. The molecule has 4 heterocycles. The van der Waals surface area contributed by atoms with Crippen LogP contribution in [0, 0.1) is 0 Å². The Morgan fingerprint density at radius 2 is 0.629 bits per heavy atom. The molecule has 0 atom stereocenters. The van der Waals surface area contributed by atoms with Crippen molar-refractivity contribution in [3.05, 3.63) is 255 Å². The first-order chi connectivity index (χ1) is 34.8. The van der Waals surface area contributed by atoms with Crippen LogP contribution in [0.3, 0.4) is 0 Å². The molecule has 4 aromatic heterocycles. The van der Waals surface area contributed by atoms with Gasteiger partial charge in [-0.25, -0.2) is 0 Å². The highest BCUT2D eigenvalue weighted by Crippen LogP contribution is 2.38. The maximum atomic E-state index is 5.64. The molecule has 0 saturated heterocycles. The first-order valence-corrected chi connectivity index (χ1v) is 25.8. The average molecular weight is 911 g/mol. The zero-order chi connectivity index (χ0) is 46.2. The van der Waals surface area contributed by atoms with Crippen molar-refractivity contribution in [3.8, 4) is 29.0 Å². The lowest BCUT2D eigenvalue weighted by atomic mass is 10.1. The van der Waals surface area contributed by atoms with Crippen molar-refractivity contribution >= 4 is 94.2 Å². The van der Waals surface area contributed by atoms with Gasteiger partial charge in [0.1, 0.15) is 0 Å². The van der Waals surface area contributed by atoms with Gasteiger partial charge < -0.3 is 4.57 Å². The molecular weight excluding hydrogens is 869 g/mol. The SMILES string of the molecule is c1ccc([Si](c2ccccc2)(c2ccccc2)c2cccc3c2c2ccccc2n3-c2nc(-c3ccccc3-n3c4ccccc4c4ccccc43)nc(-n3c4ccccc4c4ccccc43)n2)cc1. The van der Waals surface area contributed by atoms with Crippen LogP contribution in [0.1, 0.15) is 0 Å². The van der Waals surface area contributed by atoms with Gasteiger partial charge in [0.05, 0.1) is 38.8 Å². The molecule has 0 spiro atoms. The fourth-order valence-corrected chi connectivity index (χ4v) is 16.4. The Morgan fingerprint density at radius 3 is 1.11 bits per heavy atom. The third-order valence-corrected chi connectivity index (χ3v) is 19.1. The van der Waals surface area contributed by atoms with Gasteiger partial charge in [-0.1, -0.05) is 206 Å². The fourth-order valence-electron chi connectivity index (χ4n) is 11.4. The molecule has 6 nitrogen and oxygen atoms in total. The van der Waals surface area contributed by atoms with Crippen LogP contribution >= 0.6 is 0 Å². The second-order valence-corrected chi connectivity index (χ2v) is 21.7. The highest BCUT2D eigenvalue weighted by atomic mass is 28.3. The van der Waals surface area contributed by atoms with Gasteiger partial charge in [0.25, 0.3) is 0 Å². The summed E-state index contributed by atoms with van der Waals surface area (Å²) in [6.07, 6.45) is 0. The van der Waals surface area contributed by atoms with Gasteiger partial charge >= 0.3 is 0 Å². The number of aromatic nitrogens is 6. The summed E-state index contributed by atoms with van der Waals surface area (Å²) in [5.41, 5.74) is 8.20. The molecule has 328 valence electrons. The van der Waals surface area contributed by atoms with Gasteiger partial charge in [0.15, 0.2) is 13.9 Å². The van der Waals surface area contributed by atoms with E-state index < -0.39 is 8.07 Å². The molecule has 0 unspecified atom stereocenters. The van der Waals surface area contributed by atoms with Gasteiger partial charge in [0.2, 0.25) is 11.9 Å². The van der Waals surface area contributed by atoms with Gasteiger partial charge in [-0.2, -0.15) is 15.0 Å². The van der Waals surface area contributed by atoms with E-state index in [1.165, 1.54) is 36.9 Å². The Bertz CT molecular complexity index is 4100. The minimum absolute atomic E-state index is 0.536. The van der Waals surface area contributed by atoms with Crippen LogP contribution < -0.4 is 20.7 Å². The molecule has 70 heavy (non-hydrogen) atoms. The largest absolute Gasteiger partial charge is 0.309 e. The van der Waals surface area contributed by atoms with Crippen LogP contribution in [0.15, 0.2) is 255 Å². The van der Waals surface area contributed by atoms with E-state index in [-0.39, 0.29) is 0 Å². The Hall–Kier alpha value is -9.17. The summed E-state index contributed by atoms with van der Waals surface area (Å²) in [5.74, 6) is 1.65. The van der Waals surface area contributed by atoms with Gasteiger partial charge in [-0.15, -0.1) is 0 Å². The van der Waals surface area contributed by atoms with E-state index in [1.54, 1.807) is 0 Å². The summed E-state index contributed by atoms with van der Waals surface area (Å²) in [7, 11) is -3.01. The summed E-state index contributed by atoms with van der Waals surface area (Å²) >= 11 is 0. The van der Waals surface area contributed by atoms with E-state index in [4.69, 9.17) is 15.0 Å². The standard InChI is InChI=1S/C63H42N6Si/c1-4-23-43(24-5-1)70(44-25-6-2-7-26-44,45-27-8-3-9-28-45)59-42-22-41-58-60(59)50-33-14-20-39-56(50)69(58)63-65-61(64-62(66-63)68-54-37-18-12-31-48(54)49-32-13-19-38-55(49)68)51-34-15-21-40-57(51)67-52-35-16-10-29-46(52)47-30-11-17-36-53(47)67/h1-42H. The van der Waals surface area contributed by atoms with Crippen LogP contribution in [-0.2, 0) is 0 Å². The first kappa shape index (κ1) is 39.9. The van der Waals surface area contributed by atoms with Crippen LogP contribution in [0.25, 0.3) is 94.4 Å². The number of fused-ring (bicyclic) bond motifs is 9. The van der Waals surface area contributed by atoms with Crippen molar-refractivity contribution in [2.24, 2.45) is 0 Å². The number of nitrogens with zero attached hydrogens (tertiary/aromatic N) is 6. The van der Waals surface area contributed by atoms with E-state index >= 15 is 0 Å². The molecule has 10 aromatic carbocycles. The summed E-state index contributed by atoms with van der Waals surface area (Å²) in [4.78, 5) is 16.8. The molecule has 0 N–H and O–H groups in total. The minimum Gasteiger partial charge on any atom is -0.309 e. The molecule has 0 fully saturated rings. The lowest BCUT2D eigenvalue weighted by Gasteiger charge is -2.35. The van der Waals surface area contributed by atoms with E-state index in [0.29, 0.717) is 17.7 Å². The van der Waals surface area contributed by atoms with Crippen LogP contribution in [0.5, 0.6) is 0 Å². The molecule has 0 radical (unpaired) electrons. The van der Waals surface area contributed by atoms with E-state index in [2.05, 4.69) is 268 Å².